The van der Waals surface area contributed by atoms with Gasteiger partial charge in [0, 0.05) is 5.39 Å². The fourth-order valence-corrected chi connectivity index (χ4v) is 4.34. The van der Waals surface area contributed by atoms with Gasteiger partial charge >= 0.3 is 10.1 Å². The van der Waals surface area contributed by atoms with Crippen LogP contribution in [-0.4, -0.2) is 18.8 Å². The second-order valence-electron chi connectivity index (χ2n) is 6.68. The molecule has 0 spiro atoms. The van der Waals surface area contributed by atoms with E-state index in [2.05, 4.69) is 0 Å². The summed E-state index contributed by atoms with van der Waals surface area (Å²) in [5.41, 5.74) is 1.96. The molecule has 0 unspecified atom stereocenters. The van der Waals surface area contributed by atoms with E-state index < -0.39 is 10.1 Å². The quantitative estimate of drug-likeness (QED) is 0.346. The van der Waals surface area contributed by atoms with Gasteiger partial charge in [-0.2, -0.15) is 8.42 Å². The molecular weight excluding hydrogens is 386 g/mol. The number of aromatic nitrogens is 1. The summed E-state index contributed by atoms with van der Waals surface area (Å²) in [7, 11) is -4.10. The maximum atomic E-state index is 12.9. The Balaban J connectivity index is 1.92. The maximum Gasteiger partial charge on any atom is 0.340 e. The zero-order valence-electron chi connectivity index (χ0n) is 15.8. The van der Waals surface area contributed by atoms with Crippen molar-refractivity contribution in [3.63, 3.8) is 0 Å². The highest BCUT2D eigenvalue weighted by molar-refractivity contribution is 7.87. The van der Waals surface area contributed by atoms with Gasteiger partial charge in [-0.25, -0.2) is 0 Å². The second-order valence-corrected chi connectivity index (χ2v) is 8.22. The SMILES string of the molecule is CC(=O)c1c(OS(=O)(=O)c2ccccc2)n(Cc2ccccc2)c2ccccc12. The van der Waals surface area contributed by atoms with Gasteiger partial charge in [-0.3, -0.25) is 4.79 Å². The van der Waals surface area contributed by atoms with Crippen molar-refractivity contribution >= 4 is 26.8 Å². The Bertz CT molecular complexity index is 1280. The van der Waals surface area contributed by atoms with Crippen LogP contribution in [0.1, 0.15) is 22.8 Å². The van der Waals surface area contributed by atoms with Gasteiger partial charge in [0.15, 0.2) is 5.78 Å². The molecule has 5 nitrogen and oxygen atoms in total. The molecule has 0 bridgehead atoms. The Kier molecular flexibility index (Phi) is 4.94. The van der Waals surface area contributed by atoms with Gasteiger partial charge in [-0.1, -0.05) is 66.7 Å². The minimum Gasteiger partial charge on any atom is -0.359 e. The van der Waals surface area contributed by atoms with Crippen LogP contribution in [0.4, 0.5) is 0 Å². The summed E-state index contributed by atoms with van der Waals surface area (Å²) in [6.07, 6.45) is 0. The summed E-state index contributed by atoms with van der Waals surface area (Å²) in [6.45, 7) is 1.78. The van der Waals surface area contributed by atoms with Crippen molar-refractivity contribution in [1.29, 1.82) is 0 Å². The van der Waals surface area contributed by atoms with Crippen molar-refractivity contribution in [3.8, 4) is 5.88 Å². The molecule has 0 fully saturated rings. The van der Waals surface area contributed by atoms with Crippen molar-refractivity contribution < 1.29 is 17.4 Å². The minimum absolute atomic E-state index is 0.0334. The highest BCUT2D eigenvalue weighted by atomic mass is 32.2. The summed E-state index contributed by atoms with van der Waals surface area (Å²) in [4.78, 5) is 12.5. The predicted molar refractivity (Wildman–Crippen MR) is 112 cm³/mol. The summed E-state index contributed by atoms with van der Waals surface area (Å²) in [5.74, 6) is -0.224. The van der Waals surface area contributed by atoms with Gasteiger partial charge in [0.2, 0.25) is 5.88 Å². The van der Waals surface area contributed by atoms with E-state index in [0.29, 0.717) is 11.9 Å². The average Bonchev–Trinajstić information content (AvgIpc) is 3.02. The zero-order chi connectivity index (χ0) is 20.4. The fraction of sp³-hybridized carbons (Fsp3) is 0.0870. The summed E-state index contributed by atoms with van der Waals surface area (Å²) >= 11 is 0. The molecule has 0 radical (unpaired) electrons. The van der Waals surface area contributed by atoms with Crippen LogP contribution >= 0.6 is 0 Å². The van der Waals surface area contributed by atoms with Crippen molar-refractivity contribution in [3.05, 3.63) is 96.1 Å². The number of rotatable bonds is 6. The third kappa shape index (κ3) is 3.67. The fourth-order valence-electron chi connectivity index (χ4n) is 3.37. The number of fused-ring (bicyclic) bond motifs is 1. The van der Waals surface area contributed by atoms with Crippen molar-refractivity contribution in [2.45, 2.75) is 18.4 Å². The van der Waals surface area contributed by atoms with Crippen molar-refractivity contribution in [2.75, 3.05) is 0 Å². The van der Waals surface area contributed by atoms with Crippen molar-refractivity contribution in [1.82, 2.24) is 4.57 Å². The Morgan fingerprint density at radius 2 is 1.45 bits per heavy atom. The van der Waals surface area contributed by atoms with Gasteiger partial charge < -0.3 is 8.75 Å². The van der Waals surface area contributed by atoms with E-state index in [1.807, 2.05) is 48.5 Å². The lowest BCUT2D eigenvalue weighted by atomic mass is 10.1. The number of hydrogen-bond donors (Lipinski definition) is 0. The lowest BCUT2D eigenvalue weighted by Gasteiger charge is -2.13. The van der Waals surface area contributed by atoms with Gasteiger partial charge in [-0.05, 0) is 30.7 Å². The molecule has 0 atom stereocenters. The molecule has 0 aliphatic rings. The van der Waals surface area contributed by atoms with E-state index in [-0.39, 0.29) is 22.1 Å². The predicted octanol–water partition coefficient (Wildman–Crippen LogP) is 4.66. The summed E-state index contributed by atoms with van der Waals surface area (Å²) in [6, 6.07) is 24.9. The van der Waals surface area contributed by atoms with Crippen LogP contribution in [0.3, 0.4) is 0 Å². The molecule has 1 heterocycles. The van der Waals surface area contributed by atoms with E-state index in [1.165, 1.54) is 19.1 Å². The third-order valence-electron chi connectivity index (χ3n) is 4.68. The molecule has 0 N–H and O–H groups in total. The molecule has 1 aromatic heterocycles. The highest BCUT2D eigenvalue weighted by Crippen LogP contribution is 2.35. The third-order valence-corrected chi connectivity index (χ3v) is 5.91. The number of hydrogen-bond acceptors (Lipinski definition) is 4. The molecule has 3 aromatic carbocycles. The molecule has 4 aromatic rings. The van der Waals surface area contributed by atoms with Crippen LogP contribution in [0.5, 0.6) is 5.88 Å². The normalized spacial score (nSPS) is 11.5. The molecule has 0 aliphatic carbocycles. The van der Waals surface area contributed by atoms with E-state index in [0.717, 1.165) is 11.1 Å². The van der Waals surface area contributed by atoms with E-state index in [9.17, 15) is 13.2 Å². The molecular formula is C23H19NO4S. The first-order valence-corrected chi connectivity index (χ1v) is 10.5. The summed E-state index contributed by atoms with van der Waals surface area (Å²) in [5, 5.41) is 0.661. The lowest BCUT2D eigenvalue weighted by Crippen LogP contribution is -2.15. The van der Waals surface area contributed by atoms with Crippen molar-refractivity contribution in [2.24, 2.45) is 0 Å². The van der Waals surface area contributed by atoms with Crippen LogP contribution in [0.2, 0.25) is 0 Å². The van der Waals surface area contributed by atoms with Gasteiger partial charge in [0.25, 0.3) is 0 Å². The highest BCUT2D eigenvalue weighted by Gasteiger charge is 2.27. The Hall–Kier alpha value is -3.38. The largest absolute Gasteiger partial charge is 0.359 e. The minimum atomic E-state index is -4.10. The first-order valence-electron chi connectivity index (χ1n) is 9.13. The molecule has 0 saturated carbocycles. The average molecular weight is 405 g/mol. The van der Waals surface area contributed by atoms with Crippen LogP contribution in [0, 0.1) is 0 Å². The lowest BCUT2D eigenvalue weighted by molar-refractivity contribution is 0.101. The molecule has 0 amide bonds. The topological polar surface area (TPSA) is 65.4 Å². The number of carbonyl (C=O) groups excluding carboxylic acids is 1. The number of nitrogens with zero attached hydrogens (tertiary/aromatic N) is 1. The Labute approximate surface area is 169 Å². The Morgan fingerprint density at radius 1 is 0.862 bits per heavy atom. The van der Waals surface area contributed by atoms with Crippen LogP contribution < -0.4 is 4.18 Å². The molecule has 0 aliphatic heterocycles. The molecule has 0 saturated heterocycles. The van der Waals surface area contributed by atoms with Crippen LogP contribution in [0.25, 0.3) is 10.9 Å². The first kappa shape index (κ1) is 19.0. The van der Waals surface area contributed by atoms with E-state index >= 15 is 0 Å². The van der Waals surface area contributed by atoms with Crippen LogP contribution in [0.15, 0.2) is 89.8 Å². The first-order chi connectivity index (χ1) is 14.0. The summed E-state index contributed by atoms with van der Waals surface area (Å²) < 4.78 is 33.1. The van der Waals surface area contributed by atoms with Gasteiger partial charge in [0.1, 0.15) is 4.90 Å². The van der Waals surface area contributed by atoms with E-state index in [4.69, 9.17) is 4.18 Å². The Morgan fingerprint density at radius 3 is 2.10 bits per heavy atom. The number of benzene rings is 3. The second kappa shape index (κ2) is 7.56. The number of carbonyl (C=O) groups is 1. The zero-order valence-corrected chi connectivity index (χ0v) is 16.6. The molecule has 146 valence electrons. The maximum absolute atomic E-state index is 12.9. The number of ketones is 1. The van der Waals surface area contributed by atoms with E-state index in [1.54, 1.807) is 28.8 Å². The van der Waals surface area contributed by atoms with Gasteiger partial charge in [0.05, 0.1) is 17.6 Å². The monoisotopic (exact) mass is 405 g/mol. The standard InChI is InChI=1S/C23H19NO4S/c1-17(25)22-20-14-8-9-15-21(20)24(16-18-10-4-2-5-11-18)23(22)28-29(26,27)19-12-6-3-7-13-19/h2-15H,16H2,1H3. The molecule has 29 heavy (non-hydrogen) atoms. The number of Topliss-reactive ketones (excluding diaryl/α,β-unsaturated/α-hetero) is 1. The number of para-hydroxylation sites is 1. The molecule has 6 heteroatoms. The smallest absolute Gasteiger partial charge is 0.340 e. The molecule has 4 rings (SSSR count). The van der Waals surface area contributed by atoms with Gasteiger partial charge in [-0.15, -0.1) is 0 Å². The van der Waals surface area contributed by atoms with Crippen LogP contribution in [-0.2, 0) is 16.7 Å².